The molecule has 0 radical (unpaired) electrons. The number of ether oxygens (including phenoxy) is 1. The van der Waals surface area contributed by atoms with E-state index >= 15 is 0 Å². The summed E-state index contributed by atoms with van der Waals surface area (Å²) in [6.45, 7) is -0.308. The van der Waals surface area contributed by atoms with Gasteiger partial charge in [-0.15, -0.1) is 0 Å². The van der Waals surface area contributed by atoms with Crippen LogP contribution in [-0.2, 0) is 9.53 Å². The molecule has 1 aromatic heterocycles. The number of non-ortho nitro benzene ring substituents is 1. The van der Waals surface area contributed by atoms with Crippen LogP contribution in [-0.4, -0.2) is 63.8 Å². The summed E-state index contributed by atoms with van der Waals surface area (Å²) in [7, 11) is 1.43. The molecule has 23 heavy (non-hydrogen) atoms. The number of H-pyrrole nitrogens is 1. The van der Waals surface area contributed by atoms with Gasteiger partial charge in [0.1, 0.15) is 6.54 Å². The number of nitrogens with zero attached hydrogens (tertiary/aromatic N) is 3. The minimum atomic E-state index is -1.18. The Hall–Kier alpha value is -3.01. The van der Waals surface area contributed by atoms with Crippen LogP contribution in [0.25, 0.3) is 10.9 Å². The fourth-order valence-corrected chi connectivity index (χ4v) is 2.05. The summed E-state index contributed by atoms with van der Waals surface area (Å²) in [5.41, 5.74) is 0.191. The molecule has 2 aromatic rings. The highest BCUT2D eigenvalue weighted by atomic mass is 16.6. The summed E-state index contributed by atoms with van der Waals surface area (Å²) in [4.78, 5) is 34.7. The van der Waals surface area contributed by atoms with Gasteiger partial charge in [-0.25, -0.2) is 0 Å². The highest BCUT2D eigenvalue weighted by Crippen LogP contribution is 2.23. The average molecular weight is 322 g/mol. The number of carboxylic acid groups (broad SMARTS) is 1. The monoisotopic (exact) mass is 322 g/mol. The molecule has 10 nitrogen and oxygen atoms in total. The van der Waals surface area contributed by atoms with Gasteiger partial charge in [-0.3, -0.25) is 24.8 Å². The Labute approximate surface area is 129 Å². The van der Waals surface area contributed by atoms with E-state index in [1.807, 2.05) is 0 Å². The van der Waals surface area contributed by atoms with Crippen LogP contribution in [0.2, 0.25) is 0 Å². The van der Waals surface area contributed by atoms with Crippen LogP contribution in [0.5, 0.6) is 0 Å². The van der Waals surface area contributed by atoms with E-state index in [0.29, 0.717) is 5.52 Å². The van der Waals surface area contributed by atoms with Crippen molar-refractivity contribution >= 4 is 28.5 Å². The van der Waals surface area contributed by atoms with Gasteiger partial charge in [-0.05, 0) is 6.07 Å². The molecule has 0 spiro atoms. The van der Waals surface area contributed by atoms with Gasteiger partial charge in [0.2, 0.25) is 0 Å². The first-order valence-corrected chi connectivity index (χ1v) is 6.56. The second kappa shape index (κ2) is 6.83. The van der Waals surface area contributed by atoms with Gasteiger partial charge >= 0.3 is 5.97 Å². The largest absolute Gasteiger partial charge is 0.480 e. The van der Waals surface area contributed by atoms with Crippen molar-refractivity contribution in [2.75, 3.05) is 26.8 Å². The Bertz CT molecular complexity index is 756. The molecule has 0 saturated heterocycles. The summed E-state index contributed by atoms with van der Waals surface area (Å²) in [5.74, 6) is -1.82. The summed E-state index contributed by atoms with van der Waals surface area (Å²) in [6, 6.07) is 3.95. The number of benzene rings is 1. The number of aliphatic carboxylic acids is 1. The van der Waals surface area contributed by atoms with Crippen LogP contribution in [0.4, 0.5) is 5.69 Å². The van der Waals surface area contributed by atoms with Gasteiger partial charge in [0.05, 0.1) is 17.0 Å². The highest BCUT2D eigenvalue weighted by molar-refractivity contribution is 6.05. The van der Waals surface area contributed by atoms with Gasteiger partial charge in [0.25, 0.3) is 11.6 Å². The van der Waals surface area contributed by atoms with Crippen LogP contribution in [0.1, 0.15) is 10.5 Å². The number of aromatic nitrogens is 2. The van der Waals surface area contributed by atoms with Crippen molar-refractivity contribution in [1.29, 1.82) is 0 Å². The molecule has 0 aliphatic rings. The minimum absolute atomic E-state index is 0.0604. The molecule has 1 aromatic carbocycles. The van der Waals surface area contributed by atoms with Crippen LogP contribution in [0.3, 0.4) is 0 Å². The smallest absolute Gasteiger partial charge is 0.323 e. The first kappa shape index (κ1) is 16.4. The SMILES string of the molecule is COCCN(CC(=O)O)C(=O)c1n[nH]c2ccc([N+](=O)[O-])cc12. The lowest BCUT2D eigenvalue weighted by Gasteiger charge is -2.19. The number of aromatic amines is 1. The predicted octanol–water partition coefficient (Wildman–Crippen LogP) is 0.644. The average Bonchev–Trinajstić information content (AvgIpc) is 2.93. The first-order valence-electron chi connectivity index (χ1n) is 6.56. The number of fused-ring (bicyclic) bond motifs is 1. The lowest BCUT2D eigenvalue weighted by molar-refractivity contribution is -0.384. The summed E-state index contributed by atoms with van der Waals surface area (Å²) < 4.78 is 4.86. The van der Waals surface area contributed by atoms with Gasteiger partial charge in [0.15, 0.2) is 5.69 Å². The van der Waals surface area contributed by atoms with Gasteiger partial charge in [0, 0.05) is 31.2 Å². The molecular weight excluding hydrogens is 308 g/mol. The van der Waals surface area contributed by atoms with Crippen LogP contribution in [0, 0.1) is 10.1 Å². The molecule has 10 heteroatoms. The summed E-state index contributed by atoms with van der Waals surface area (Å²) >= 11 is 0. The van der Waals surface area contributed by atoms with E-state index in [9.17, 15) is 19.7 Å². The Morgan fingerprint density at radius 3 is 2.83 bits per heavy atom. The molecule has 0 atom stereocenters. The van der Waals surface area contributed by atoms with Crippen molar-refractivity contribution in [3.8, 4) is 0 Å². The quantitative estimate of drug-likeness (QED) is 0.563. The number of nitro benzene ring substituents is 1. The second-order valence-electron chi connectivity index (χ2n) is 4.67. The number of hydrogen-bond donors (Lipinski definition) is 2. The zero-order chi connectivity index (χ0) is 17.0. The molecule has 0 unspecified atom stereocenters. The summed E-state index contributed by atoms with van der Waals surface area (Å²) in [6.07, 6.45) is 0. The number of amides is 1. The molecular formula is C13H14N4O6. The Morgan fingerprint density at radius 2 is 2.22 bits per heavy atom. The third-order valence-corrected chi connectivity index (χ3v) is 3.14. The molecule has 0 aliphatic heterocycles. The number of carbonyl (C=O) groups is 2. The normalized spacial score (nSPS) is 10.7. The van der Waals surface area contributed by atoms with Crippen molar-refractivity contribution < 1.29 is 24.4 Å². The summed E-state index contributed by atoms with van der Waals surface area (Å²) in [5, 5.41) is 26.5. The molecule has 2 N–H and O–H groups in total. The van der Waals surface area contributed by atoms with Crippen molar-refractivity contribution in [1.82, 2.24) is 15.1 Å². The first-order chi connectivity index (χ1) is 10.9. The van der Waals surface area contributed by atoms with Crippen LogP contribution < -0.4 is 0 Å². The third kappa shape index (κ3) is 3.61. The van der Waals surface area contributed by atoms with Gasteiger partial charge in [-0.2, -0.15) is 5.10 Å². The molecule has 0 aliphatic carbocycles. The molecule has 0 bridgehead atoms. The third-order valence-electron chi connectivity index (χ3n) is 3.14. The second-order valence-corrected chi connectivity index (χ2v) is 4.67. The number of carbonyl (C=O) groups excluding carboxylic acids is 1. The number of methoxy groups -OCH3 is 1. The number of carboxylic acids is 1. The maximum absolute atomic E-state index is 12.5. The minimum Gasteiger partial charge on any atom is -0.480 e. The van der Waals surface area contributed by atoms with Crippen molar-refractivity contribution in [3.63, 3.8) is 0 Å². The lowest BCUT2D eigenvalue weighted by Crippen LogP contribution is -2.38. The van der Waals surface area contributed by atoms with E-state index in [2.05, 4.69) is 10.2 Å². The van der Waals surface area contributed by atoms with Crippen molar-refractivity contribution in [2.24, 2.45) is 0 Å². The van der Waals surface area contributed by atoms with E-state index in [0.717, 1.165) is 4.90 Å². The van der Waals surface area contributed by atoms with Gasteiger partial charge in [-0.1, -0.05) is 0 Å². The number of hydrogen-bond acceptors (Lipinski definition) is 6. The predicted molar refractivity (Wildman–Crippen MR) is 78.2 cm³/mol. The van der Waals surface area contributed by atoms with E-state index in [4.69, 9.17) is 9.84 Å². The fraction of sp³-hybridized carbons (Fsp3) is 0.308. The van der Waals surface area contributed by atoms with Crippen LogP contribution in [0.15, 0.2) is 18.2 Å². The molecule has 2 rings (SSSR count). The highest BCUT2D eigenvalue weighted by Gasteiger charge is 2.24. The number of nitro groups is 1. The Morgan fingerprint density at radius 1 is 1.48 bits per heavy atom. The lowest BCUT2D eigenvalue weighted by atomic mass is 10.1. The van der Waals surface area contributed by atoms with E-state index < -0.39 is 23.3 Å². The number of nitrogens with one attached hydrogen (secondary N) is 1. The molecule has 0 fully saturated rings. The standard InChI is InChI=1S/C13H14N4O6/c1-23-5-4-16(7-11(18)19)13(20)12-9-6-8(17(21)22)2-3-10(9)14-15-12/h2-3,6H,4-5,7H2,1H3,(H,14,15)(H,18,19). The molecule has 1 heterocycles. The Balaban J connectivity index is 2.39. The maximum atomic E-state index is 12.5. The zero-order valence-corrected chi connectivity index (χ0v) is 12.2. The topological polar surface area (TPSA) is 139 Å². The molecule has 0 saturated carbocycles. The van der Waals surface area contributed by atoms with Crippen molar-refractivity contribution in [3.05, 3.63) is 34.0 Å². The molecule has 122 valence electrons. The number of rotatable bonds is 7. The van der Waals surface area contributed by atoms with E-state index in [1.54, 1.807) is 0 Å². The maximum Gasteiger partial charge on any atom is 0.323 e. The fourth-order valence-electron chi connectivity index (χ4n) is 2.05. The van der Waals surface area contributed by atoms with E-state index in [-0.39, 0.29) is 29.9 Å². The molecule has 1 amide bonds. The van der Waals surface area contributed by atoms with Crippen LogP contribution >= 0.6 is 0 Å². The van der Waals surface area contributed by atoms with Gasteiger partial charge < -0.3 is 14.7 Å². The zero-order valence-electron chi connectivity index (χ0n) is 12.2. The Kier molecular flexibility index (Phi) is 4.86. The van der Waals surface area contributed by atoms with E-state index in [1.165, 1.54) is 25.3 Å². The van der Waals surface area contributed by atoms with Crippen molar-refractivity contribution in [2.45, 2.75) is 0 Å².